The largest absolute Gasteiger partial charge is 0.394 e. The Morgan fingerprint density at radius 1 is 1.17 bits per heavy atom. The summed E-state index contributed by atoms with van der Waals surface area (Å²) in [5.41, 5.74) is 2.23. The van der Waals surface area contributed by atoms with Crippen molar-refractivity contribution >= 4 is 5.91 Å². The highest BCUT2D eigenvalue weighted by Crippen LogP contribution is 2.40. The van der Waals surface area contributed by atoms with Gasteiger partial charge in [-0.25, -0.2) is 0 Å². The molecule has 1 aromatic rings. The van der Waals surface area contributed by atoms with Crippen LogP contribution in [0.4, 0.5) is 0 Å². The number of hydrogen-bond acceptors (Lipinski definition) is 3. The Balaban J connectivity index is 1.70. The summed E-state index contributed by atoms with van der Waals surface area (Å²) < 4.78 is 0. The van der Waals surface area contributed by atoms with Crippen LogP contribution in [0.5, 0.6) is 0 Å². The van der Waals surface area contributed by atoms with E-state index in [-0.39, 0.29) is 30.5 Å². The van der Waals surface area contributed by atoms with E-state index in [2.05, 4.69) is 55.3 Å². The van der Waals surface area contributed by atoms with E-state index in [1.165, 1.54) is 37.7 Å². The van der Waals surface area contributed by atoms with Crippen molar-refractivity contribution in [2.45, 2.75) is 70.9 Å². The minimum absolute atomic E-state index is 0.00579. The van der Waals surface area contributed by atoms with Gasteiger partial charge in [-0.3, -0.25) is 4.79 Å². The molecule has 3 atom stereocenters. The average Bonchev–Trinajstić information content (AvgIpc) is 2.70. The predicted molar refractivity (Wildman–Crippen MR) is 118 cm³/mol. The molecule has 158 valence electrons. The van der Waals surface area contributed by atoms with Crippen molar-refractivity contribution in [3.05, 3.63) is 35.4 Å². The lowest BCUT2D eigenvalue weighted by Crippen LogP contribution is -2.68. The predicted octanol–water partition coefficient (Wildman–Crippen LogP) is 3.54. The summed E-state index contributed by atoms with van der Waals surface area (Å²) in [6.45, 7) is 7.62. The zero-order valence-corrected chi connectivity index (χ0v) is 18.2. The second kappa shape index (κ2) is 10.3. The van der Waals surface area contributed by atoms with Gasteiger partial charge in [0.1, 0.15) is 0 Å². The molecule has 1 saturated carbocycles. The highest BCUT2D eigenvalue weighted by Gasteiger charge is 2.49. The van der Waals surface area contributed by atoms with Crippen LogP contribution in [0.25, 0.3) is 0 Å². The molecule has 4 nitrogen and oxygen atoms in total. The van der Waals surface area contributed by atoms with Gasteiger partial charge in [-0.1, -0.05) is 57.1 Å². The van der Waals surface area contributed by atoms with E-state index in [4.69, 9.17) is 0 Å². The SMILES string of the molecule is CC(=O)N1[C@H](CO)[C@H](c2ccc(C#CC3CCCCC3)cc2)[C@H]1CNCC(C)C. The molecule has 2 aliphatic rings. The second-order valence-corrected chi connectivity index (χ2v) is 9.05. The fourth-order valence-corrected chi connectivity index (χ4v) is 4.83. The number of aliphatic hydroxyl groups is 1. The number of nitrogens with zero attached hydrogens (tertiary/aromatic N) is 1. The standard InChI is InChI=1S/C25H36N2O2/c1-18(2)15-26-16-23-25(24(17-28)27(23)19(3)29)22-13-11-21(12-14-22)10-9-20-7-5-4-6-8-20/h11-14,18,20,23-26,28H,4-8,15-17H2,1-3H3/t23-,24-,25-/m1/s1. The zero-order valence-electron chi connectivity index (χ0n) is 18.2. The van der Waals surface area contributed by atoms with Crippen LogP contribution in [0.3, 0.4) is 0 Å². The van der Waals surface area contributed by atoms with E-state index in [9.17, 15) is 9.90 Å². The summed E-state index contributed by atoms with van der Waals surface area (Å²) in [4.78, 5) is 14.0. The second-order valence-electron chi connectivity index (χ2n) is 9.05. The first-order valence-corrected chi connectivity index (χ1v) is 11.2. The van der Waals surface area contributed by atoms with Gasteiger partial charge in [0.05, 0.1) is 18.7 Å². The quantitative estimate of drug-likeness (QED) is 0.723. The molecule has 0 aromatic heterocycles. The van der Waals surface area contributed by atoms with Gasteiger partial charge in [0, 0.05) is 30.9 Å². The van der Waals surface area contributed by atoms with E-state index in [0.717, 1.165) is 18.7 Å². The molecule has 2 fully saturated rings. The molecule has 1 aromatic carbocycles. The summed E-state index contributed by atoms with van der Waals surface area (Å²) in [5.74, 6) is 8.11. The molecule has 0 spiro atoms. The lowest BCUT2D eigenvalue weighted by atomic mass is 9.75. The molecule has 1 saturated heterocycles. The highest BCUT2D eigenvalue weighted by molar-refractivity contribution is 5.76. The zero-order chi connectivity index (χ0) is 20.8. The fraction of sp³-hybridized carbons (Fsp3) is 0.640. The Morgan fingerprint density at radius 2 is 1.86 bits per heavy atom. The number of aliphatic hydroxyl groups excluding tert-OH is 1. The van der Waals surface area contributed by atoms with Crippen LogP contribution in [0, 0.1) is 23.7 Å². The molecule has 1 aliphatic carbocycles. The Hall–Kier alpha value is -1.83. The number of carbonyl (C=O) groups is 1. The topological polar surface area (TPSA) is 52.6 Å². The van der Waals surface area contributed by atoms with Crippen molar-refractivity contribution in [2.24, 2.45) is 11.8 Å². The van der Waals surface area contributed by atoms with E-state index >= 15 is 0 Å². The number of rotatable bonds is 6. The molecule has 1 aliphatic heterocycles. The van der Waals surface area contributed by atoms with Crippen molar-refractivity contribution in [2.75, 3.05) is 19.7 Å². The van der Waals surface area contributed by atoms with Crippen molar-refractivity contribution in [1.29, 1.82) is 0 Å². The van der Waals surface area contributed by atoms with E-state index in [1.807, 2.05) is 4.90 Å². The normalized spacial score (nSPS) is 24.7. The molecule has 0 unspecified atom stereocenters. The van der Waals surface area contributed by atoms with Crippen LogP contribution < -0.4 is 5.32 Å². The van der Waals surface area contributed by atoms with Gasteiger partial charge in [-0.2, -0.15) is 0 Å². The Kier molecular flexibility index (Phi) is 7.75. The van der Waals surface area contributed by atoms with Crippen molar-refractivity contribution < 1.29 is 9.90 Å². The van der Waals surface area contributed by atoms with Crippen LogP contribution >= 0.6 is 0 Å². The van der Waals surface area contributed by atoms with Gasteiger partial charge >= 0.3 is 0 Å². The summed E-state index contributed by atoms with van der Waals surface area (Å²) >= 11 is 0. The third-order valence-corrected chi connectivity index (χ3v) is 6.32. The first kappa shape index (κ1) is 21.9. The van der Waals surface area contributed by atoms with Crippen LogP contribution in [0.2, 0.25) is 0 Å². The van der Waals surface area contributed by atoms with Crippen LogP contribution in [0.1, 0.15) is 69.9 Å². The molecule has 3 rings (SSSR count). The molecule has 1 heterocycles. The maximum Gasteiger partial charge on any atom is 0.220 e. The third-order valence-electron chi connectivity index (χ3n) is 6.32. The Bertz CT molecular complexity index is 725. The van der Waals surface area contributed by atoms with Gasteiger partial charge in [0.2, 0.25) is 5.91 Å². The smallest absolute Gasteiger partial charge is 0.220 e. The molecular formula is C25H36N2O2. The molecular weight excluding hydrogens is 360 g/mol. The van der Waals surface area contributed by atoms with Gasteiger partial charge in [-0.15, -0.1) is 0 Å². The van der Waals surface area contributed by atoms with E-state index in [0.29, 0.717) is 11.8 Å². The highest BCUT2D eigenvalue weighted by atomic mass is 16.3. The van der Waals surface area contributed by atoms with Gasteiger partial charge in [-0.05, 0) is 43.0 Å². The molecule has 0 radical (unpaired) electrons. The maximum atomic E-state index is 12.1. The number of hydrogen-bond donors (Lipinski definition) is 2. The average molecular weight is 397 g/mol. The lowest BCUT2D eigenvalue weighted by molar-refractivity contribution is -0.147. The first-order chi connectivity index (χ1) is 14.0. The van der Waals surface area contributed by atoms with Crippen LogP contribution in [-0.4, -0.2) is 47.7 Å². The minimum atomic E-state index is -0.141. The van der Waals surface area contributed by atoms with E-state index < -0.39 is 0 Å². The van der Waals surface area contributed by atoms with Crippen molar-refractivity contribution in [3.63, 3.8) is 0 Å². The number of likely N-dealkylation sites (tertiary alicyclic amines) is 1. The van der Waals surface area contributed by atoms with Gasteiger partial charge in [0.25, 0.3) is 0 Å². The van der Waals surface area contributed by atoms with E-state index in [1.54, 1.807) is 6.92 Å². The summed E-state index contributed by atoms with van der Waals surface area (Å²) in [6.07, 6.45) is 6.43. The Morgan fingerprint density at radius 3 is 2.45 bits per heavy atom. The summed E-state index contributed by atoms with van der Waals surface area (Å²) in [6, 6.07) is 8.39. The van der Waals surface area contributed by atoms with Gasteiger partial charge < -0.3 is 15.3 Å². The van der Waals surface area contributed by atoms with Crippen molar-refractivity contribution in [3.8, 4) is 11.8 Å². The molecule has 0 bridgehead atoms. The van der Waals surface area contributed by atoms with Gasteiger partial charge in [0.15, 0.2) is 0 Å². The molecule has 2 N–H and O–H groups in total. The fourth-order valence-electron chi connectivity index (χ4n) is 4.83. The first-order valence-electron chi connectivity index (χ1n) is 11.2. The maximum absolute atomic E-state index is 12.1. The molecule has 1 amide bonds. The van der Waals surface area contributed by atoms with Crippen LogP contribution in [-0.2, 0) is 4.79 Å². The number of benzene rings is 1. The van der Waals surface area contributed by atoms with Crippen molar-refractivity contribution in [1.82, 2.24) is 10.2 Å². The third kappa shape index (κ3) is 5.41. The Labute approximate surface area is 176 Å². The number of amides is 1. The van der Waals surface area contributed by atoms with Crippen LogP contribution in [0.15, 0.2) is 24.3 Å². The molecule has 4 heteroatoms. The minimum Gasteiger partial charge on any atom is -0.394 e. The number of nitrogens with one attached hydrogen (secondary N) is 1. The summed E-state index contributed by atoms with van der Waals surface area (Å²) in [7, 11) is 0. The number of carbonyl (C=O) groups excluding carboxylic acids is 1. The summed E-state index contributed by atoms with van der Waals surface area (Å²) in [5, 5.41) is 13.4. The lowest BCUT2D eigenvalue weighted by Gasteiger charge is -2.55. The monoisotopic (exact) mass is 396 g/mol. The molecule has 29 heavy (non-hydrogen) atoms.